The lowest BCUT2D eigenvalue weighted by atomic mass is 10.1. The number of hydrazone groups is 1. The molecule has 2 heterocycles. The average molecular weight is 510 g/mol. The van der Waals surface area contributed by atoms with Gasteiger partial charge in [-0.05, 0) is 41.5 Å². The van der Waals surface area contributed by atoms with Gasteiger partial charge in [0.15, 0.2) is 11.4 Å². The fourth-order valence-corrected chi connectivity index (χ4v) is 4.01. The fourth-order valence-electron chi connectivity index (χ4n) is 3.09. The molecule has 0 bridgehead atoms. The molecule has 2 aromatic heterocycles. The van der Waals surface area contributed by atoms with Crippen molar-refractivity contribution in [1.29, 1.82) is 0 Å². The third-order valence-corrected chi connectivity index (χ3v) is 5.93. The van der Waals surface area contributed by atoms with Crippen LogP contribution < -0.4 is 15.9 Å². The number of aromatic nitrogens is 5. The Morgan fingerprint density at radius 3 is 2.72 bits per heavy atom. The minimum absolute atomic E-state index is 0.0157. The van der Waals surface area contributed by atoms with Crippen molar-refractivity contribution >= 4 is 34.9 Å². The van der Waals surface area contributed by atoms with Gasteiger partial charge in [-0.25, -0.2) is 10.1 Å². The molecule has 0 radical (unpaired) electrons. The van der Waals surface area contributed by atoms with Crippen molar-refractivity contribution in [2.24, 2.45) is 5.10 Å². The summed E-state index contributed by atoms with van der Waals surface area (Å²) in [6.45, 7) is 1.59. The topological polar surface area (TPSA) is 189 Å². The number of hydrogen-bond donors (Lipinski definition) is 2. The summed E-state index contributed by atoms with van der Waals surface area (Å²) in [6.07, 6.45) is 0. The van der Waals surface area contributed by atoms with Gasteiger partial charge in [-0.3, -0.25) is 14.9 Å². The number of methoxy groups -OCH3 is 1. The number of carbonyl (C=O) groups excluding carboxylic acids is 1. The predicted molar refractivity (Wildman–Crippen MR) is 129 cm³/mol. The van der Waals surface area contributed by atoms with Crippen LogP contribution in [0.25, 0.3) is 5.82 Å². The number of benzene rings is 2. The Labute approximate surface area is 207 Å². The first-order chi connectivity index (χ1) is 17.4. The second kappa shape index (κ2) is 10.6. The lowest BCUT2D eigenvalue weighted by Crippen LogP contribution is -2.21. The van der Waals surface area contributed by atoms with Crippen molar-refractivity contribution in [2.45, 2.75) is 17.6 Å². The number of nitrogens with two attached hydrogens (primary N) is 1. The van der Waals surface area contributed by atoms with Gasteiger partial charge in [0.1, 0.15) is 0 Å². The fraction of sp³-hybridized carbons (Fsp3) is 0.143. The maximum absolute atomic E-state index is 13.0. The summed E-state index contributed by atoms with van der Waals surface area (Å²) in [5, 5.41) is 30.7. The lowest BCUT2D eigenvalue weighted by molar-refractivity contribution is -0.385. The van der Waals surface area contributed by atoms with Crippen LogP contribution >= 0.6 is 11.8 Å². The third-order valence-electron chi connectivity index (χ3n) is 4.91. The number of nitro benzene ring substituents is 1. The molecule has 2 aromatic carbocycles. The van der Waals surface area contributed by atoms with Crippen molar-refractivity contribution < 1.29 is 19.1 Å². The first kappa shape index (κ1) is 24.3. The van der Waals surface area contributed by atoms with Crippen molar-refractivity contribution in [1.82, 2.24) is 30.7 Å². The summed E-state index contributed by atoms with van der Waals surface area (Å²) < 4.78 is 10.9. The van der Waals surface area contributed by atoms with E-state index >= 15 is 0 Å². The number of nitrogens with one attached hydrogen (secondary N) is 1. The number of carbonyl (C=O) groups is 1. The molecule has 0 saturated carbocycles. The molecule has 4 aromatic rings. The Bertz CT molecular complexity index is 1430. The molecule has 0 aliphatic carbocycles. The highest BCUT2D eigenvalue weighted by Crippen LogP contribution is 2.28. The van der Waals surface area contributed by atoms with Gasteiger partial charge in [0.25, 0.3) is 5.91 Å². The van der Waals surface area contributed by atoms with E-state index in [0.717, 1.165) is 4.90 Å². The summed E-state index contributed by atoms with van der Waals surface area (Å²) in [6, 6.07) is 13.9. The molecule has 4 rings (SSSR count). The van der Waals surface area contributed by atoms with E-state index in [1.807, 2.05) is 30.3 Å². The molecule has 36 heavy (non-hydrogen) atoms. The molecule has 3 N–H and O–H groups in total. The van der Waals surface area contributed by atoms with Gasteiger partial charge in [-0.2, -0.15) is 9.78 Å². The van der Waals surface area contributed by atoms with Crippen molar-refractivity contribution in [3.63, 3.8) is 0 Å². The number of nitrogens with zero attached hydrogens (tertiary/aromatic N) is 7. The normalized spacial score (nSPS) is 11.3. The summed E-state index contributed by atoms with van der Waals surface area (Å²) in [5.74, 6) is -0.177. The second-order valence-electron chi connectivity index (χ2n) is 7.15. The Hall–Kier alpha value is -4.79. The SMILES string of the molecule is COc1ccc(C(C)=NNC(=O)c2nnn(-c3nonc3N)c2CSc2ccccc2)cc1[N+](=O)[O-]. The van der Waals surface area contributed by atoms with E-state index in [-0.39, 0.29) is 28.8 Å². The van der Waals surface area contributed by atoms with E-state index in [1.54, 1.807) is 13.0 Å². The van der Waals surface area contributed by atoms with E-state index in [9.17, 15) is 14.9 Å². The van der Waals surface area contributed by atoms with E-state index < -0.39 is 10.8 Å². The van der Waals surface area contributed by atoms with E-state index in [2.05, 4.69) is 35.8 Å². The Kier molecular flexibility index (Phi) is 7.20. The number of hydrogen-bond acceptors (Lipinski definition) is 12. The molecule has 0 fully saturated rings. The molecule has 0 aliphatic rings. The van der Waals surface area contributed by atoms with Crippen molar-refractivity contribution in [3.05, 3.63) is 75.6 Å². The van der Waals surface area contributed by atoms with Gasteiger partial charge >= 0.3 is 5.69 Å². The standard InChI is InChI=1S/C21H19N9O5S/c1-12(13-8-9-17(34-2)15(10-13)30(32)33)23-25-21(31)18-16(11-36-14-6-4-3-5-7-14)29(28-24-18)20-19(22)26-35-27-20/h3-10H,11H2,1-2H3,(H2,22,26)(H,25,31). The minimum atomic E-state index is -0.651. The Morgan fingerprint density at radius 2 is 2.06 bits per heavy atom. The largest absolute Gasteiger partial charge is 0.490 e. The van der Waals surface area contributed by atoms with Crippen LogP contribution in [-0.4, -0.2) is 49.0 Å². The van der Waals surface area contributed by atoms with E-state index in [4.69, 9.17) is 10.5 Å². The van der Waals surface area contributed by atoms with Crippen LogP contribution in [0.5, 0.6) is 5.75 Å². The van der Waals surface area contributed by atoms with Gasteiger partial charge in [0.05, 0.1) is 23.4 Å². The van der Waals surface area contributed by atoms with Gasteiger partial charge in [-0.1, -0.05) is 23.4 Å². The zero-order valence-electron chi connectivity index (χ0n) is 19.0. The van der Waals surface area contributed by atoms with E-state index in [1.165, 1.54) is 35.7 Å². The van der Waals surface area contributed by atoms with Crippen LogP contribution in [0, 0.1) is 10.1 Å². The molecule has 15 heteroatoms. The smallest absolute Gasteiger partial charge is 0.311 e. The highest BCUT2D eigenvalue weighted by molar-refractivity contribution is 7.98. The monoisotopic (exact) mass is 509 g/mol. The Balaban J connectivity index is 1.60. The average Bonchev–Trinajstić information content (AvgIpc) is 3.51. The molecule has 0 saturated heterocycles. The summed E-state index contributed by atoms with van der Waals surface area (Å²) in [4.78, 5) is 24.7. The molecule has 0 spiro atoms. The van der Waals surface area contributed by atoms with Crippen LogP contribution in [-0.2, 0) is 5.75 Å². The maximum Gasteiger partial charge on any atom is 0.311 e. The van der Waals surface area contributed by atoms with Crippen molar-refractivity contribution in [2.75, 3.05) is 12.8 Å². The number of nitro groups is 1. The van der Waals surface area contributed by atoms with Crippen LogP contribution in [0.2, 0.25) is 0 Å². The second-order valence-corrected chi connectivity index (χ2v) is 8.20. The number of amides is 1. The molecule has 0 aliphatic heterocycles. The minimum Gasteiger partial charge on any atom is -0.490 e. The summed E-state index contributed by atoms with van der Waals surface area (Å²) in [5.41, 5.74) is 9.12. The van der Waals surface area contributed by atoms with Crippen LogP contribution in [0.15, 0.2) is 63.2 Å². The summed E-state index contributed by atoms with van der Waals surface area (Å²) in [7, 11) is 1.34. The van der Waals surface area contributed by atoms with Crippen LogP contribution in [0.4, 0.5) is 11.5 Å². The molecule has 14 nitrogen and oxygen atoms in total. The molecule has 1 amide bonds. The lowest BCUT2D eigenvalue weighted by Gasteiger charge is -2.07. The Morgan fingerprint density at radius 1 is 1.28 bits per heavy atom. The molecule has 184 valence electrons. The third kappa shape index (κ3) is 5.15. The molecular weight excluding hydrogens is 490 g/mol. The predicted octanol–water partition coefficient (Wildman–Crippen LogP) is 2.60. The van der Waals surface area contributed by atoms with Gasteiger partial charge in [0, 0.05) is 22.3 Å². The number of rotatable bonds is 9. The zero-order valence-corrected chi connectivity index (χ0v) is 19.8. The van der Waals surface area contributed by atoms with Crippen molar-refractivity contribution in [3.8, 4) is 11.6 Å². The maximum atomic E-state index is 13.0. The highest BCUT2D eigenvalue weighted by Gasteiger charge is 2.24. The first-order valence-corrected chi connectivity index (χ1v) is 11.3. The molecule has 0 unspecified atom stereocenters. The van der Waals surface area contributed by atoms with Gasteiger partial charge in [0.2, 0.25) is 11.6 Å². The first-order valence-electron chi connectivity index (χ1n) is 10.3. The van der Waals surface area contributed by atoms with Crippen LogP contribution in [0.3, 0.4) is 0 Å². The molecule has 0 atom stereocenters. The van der Waals surface area contributed by atoms with E-state index in [0.29, 0.717) is 22.7 Å². The number of anilines is 1. The van der Waals surface area contributed by atoms with Gasteiger partial charge in [-0.15, -0.1) is 16.9 Å². The number of ether oxygens (including phenoxy) is 1. The van der Waals surface area contributed by atoms with Crippen LogP contribution in [0.1, 0.15) is 28.7 Å². The zero-order chi connectivity index (χ0) is 25.7. The van der Waals surface area contributed by atoms with Gasteiger partial charge < -0.3 is 10.5 Å². The molecular formula is C21H19N9O5S. The number of nitrogen functional groups attached to an aromatic ring is 1. The number of thioether (sulfide) groups is 1. The highest BCUT2D eigenvalue weighted by atomic mass is 32.2. The quantitative estimate of drug-likeness (QED) is 0.146. The summed E-state index contributed by atoms with van der Waals surface area (Å²) >= 11 is 1.44.